The minimum atomic E-state index is -3.36. The number of ether oxygens (including phenoxy) is 1. The highest BCUT2D eigenvalue weighted by atomic mass is 32.2. The van der Waals surface area contributed by atoms with Crippen molar-refractivity contribution in [3.8, 4) is 0 Å². The molecule has 2 amide bonds. The van der Waals surface area contributed by atoms with Crippen LogP contribution in [0.3, 0.4) is 0 Å². The van der Waals surface area contributed by atoms with E-state index in [4.69, 9.17) is 4.74 Å². The number of anilines is 1. The summed E-state index contributed by atoms with van der Waals surface area (Å²) in [5, 5.41) is 5.59. The summed E-state index contributed by atoms with van der Waals surface area (Å²) in [6.45, 7) is 2.16. The number of carbonyl (C=O) groups is 2. The first kappa shape index (κ1) is 24.9. The lowest BCUT2D eigenvalue weighted by molar-refractivity contribution is 0.0949. The second-order valence-electron chi connectivity index (χ2n) is 8.01. The van der Waals surface area contributed by atoms with Crippen LogP contribution in [-0.2, 0) is 20.5 Å². The lowest BCUT2D eigenvalue weighted by Gasteiger charge is -2.25. The molecule has 0 aromatic heterocycles. The monoisotopic (exact) mass is 473 g/mol. The van der Waals surface area contributed by atoms with Crippen LogP contribution in [0, 0.1) is 0 Å². The van der Waals surface area contributed by atoms with E-state index in [1.807, 2.05) is 0 Å². The molecule has 0 bridgehead atoms. The molecule has 1 fully saturated rings. The summed E-state index contributed by atoms with van der Waals surface area (Å²) in [6.07, 6.45) is 3.54. The molecule has 2 aromatic carbocycles. The average molecular weight is 474 g/mol. The van der Waals surface area contributed by atoms with E-state index in [1.54, 1.807) is 59.9 Å². The number of piperidine rings is 1. The Bertz CT molecular complexity index is 1050. The molecule has 1 heterocycles. The van der Waals surface area contributed by atoms with Gasteiger partial charge in [-0.05, 0) is 49.1 Å². The lowest BCUT2D eigenvalue weighted by atomic mass is 10.1. The van der Waals surface area contributed by atoms with E-state index >= 15 is 0 Å². The number of hydrogen-bond donors (Lipinski definition) is 2. The van der Waals surface area contributed by atoms with Crippen LogP contribution in [0.2, 0.25) is 0 Å². The summed E-state index contributed by atoms with van der Waals surface area (Å²) < 4.78 is 31.8. The summed E-state index contributed by atoms with van der Waals surface area (Å²) in [6, 6.07) is 13.3. The van der Waals surface area contributed by atoms with Gasteiger partial charge in [-0.2, -0.15) is 0 Å². The summed E-state index contributed by atoms with van der Waals surface area (Å²) in [5.41, 5.74) is 1.79. The first-order valence-corrected chi connectivity index (χ1v) is 12.8. The van der Waals surface area contributed by atoms with Gasteiger partial charge < -0.3 is 15.4 Å². The molecule has 9 heteroatoms. The molecule has 8 nitrogen and oxygen atoms in total. The van der Waals surface area contributed by atoms with Crippen molar-refractivity contribution < 1.29 is 22.7 Å². The summed E-state index contributed by atoms with van der Waals surface area (Å²) in [4.78, 5) is 25.2. The van der Waals surface area contributed by atoms with Gasteiger partial charge in [0.1, 0.15) is 0 Å². The number of sulfonamides is 1. The third-order valence-corrected chi connectivity index (χ3v) is 7.35. The van der Waals surface area contributed by atoms with Crippen LogP contribution in [0.25, 0.3) is 0 Å². The van der Waals surface area contributed by atoms with Gasteiger partial charge >= 0.3 is 0 Å². The minimum Gasteiger partial charge on any atom is -0.385 e. The van der Waals surface area contributed by atoms with Crippen molar-refractivity contribution >= 4 is 27.5 Å². The summed E-state index contributed by atoms with van der Waals surface area (Å²) in [5.74, 6) is -0.735. The molecule has 1 aliphatic heterocycles. The quantitative estimate of drug-likeness (QED) is 0.516. The van der Waals surface area contributed by atoms with Crippen molar-refractivity contribution in [2.45, 2.75) is 31.4 Å². The predicted molar refractivity (Wildman–Crippen MR) is 128 cm³/mol. The number of nitrogens with one attached hydrogen (secondary N) is 2. The second kappa shape index (κ2) is 11.9. The summed E-state index contributed by atoms with van der Waals surface area (Å²) >= 11 is 0. The molecule has 2 aromatic rings. The molecule has 1 saturated heterocycles. The normalized spacial score (nSPS) is 14.6. The molecule has 0 radical (unpaired) electrons. The van der Waals surface area contributed by atoms with Crippen molar-refractivity contribution in [2.24, 2.45) is 0 Å². The maximum atomic E-state index is 12.7. The van der Waals surface area contributed by atoms with E-state index in [2.05, 4.69) is 10.6 Å². The molecule has 2 N–H and O–H groups in total. The number of methoxy groups -OCH3 is 1. The molecule has 1 aliphatic rings. The fourth-order valence-electron chi connectivity index (χ4n) is 3.70. The van der Waals surface area contributed by atoms with Crippen LogP contribution in [0.15, 0.2) is 48.5 Å². The van der Waals surface area contributed by atoms with E-state index in [0.717, 1.165) is 19.3 Å². The van der Waals surface area contributed by atoms with Crippen molar-refractivity contribution in [3.05, 3.63) is 65.2 Å². The average Bonchev–Trinajstić information content (AvgIpc) is 2.83. The highest BCUT2D eigenvalue weighted by Gasteiger charge is 2.24. The lowest BCUT2D eigenvalue weighted by Crippen LogP contribution is -2.36. The van der Waals surface area contributed by atoms with Gasteiger partial charge in [0.25, 0.3) is 11.8 Å². The third-order valence-electron chi connectivity index (χ3n) is 5.50. The van der Waals surface area contributed by atoms with Crippen LogP contribution in [0.5, 0.6) is 0 Å². The Morgan fingerprint density at radius 1 is 0.970 bits per heavy atom. The Balaban J connectivity index is 1.62. The molecule has 33 heavy (non-hydrogen) atoms. The molecule has 0 atom stereocenters. The van der Waals surface area contributed by atoms with Crippen molar-refractivity contribution in [2.75, 3.05) is 38.7 Å². The second-order valence-corrected chi connectivity index (χ2v) is 9.98. The molecule has 3 rings (SSSR count). The summed E-state index contributed by atoms with van der Waals surface area (Å²) in [7, 11) is -1.76. The number of rotatable bonds is 10. The van der Waals surface area contributed by atoms with Gasteiger partial charge in [0.15, 0.2) is 0 Å². The first-order valence-electron chi connectivity index (χ1n) is 11.1. The first-order chi connectivity index (χ1) is 15.9. The van der Waals surface area contributed by atoms with E-state index in [1.165, 1.54) is 0 Å². The molecular weight excluding hydrogens is 442 g/mol. The van der Waals surface area contributed by atoms with Crippen molar-refractivity contribution in [1.82, 2.24) is 9.62 Å². The minimum absolute atomic E-state index is 0.0824. The van der Waals surface area contributed by atoms with Gasteiger partial charge in [0.2, 0.25) is 10.0 Å². The van der Waals surface area contributed by atoms with E-state index in [9.17, 15) is 18.0 Å². The highest BCUT2D eigenvalue weighted by molar-refractivity contribution is 7.88. The zero-order valence-corrected chi connectivity index (χ0v) is 19.7. The Kier molecular flexibility index (Phi) is 8.99. The van der Waals surface area contributed by atoms with Crippen LogP contribution >= 0.6 is 0 Å². The number of hydrogen-bond acceptors (Lipinski definition) is 5. The molecule has 0 spiro atoms. The zero-order chi connectivity index (χ0) is 23.7. The zero-order valence-electron chi connectivity index (χ0n) is 18.9. The van der Waals surface area contributed by atoms with Gasteiger partial charge in [0.05, 0.1) is 17.0 Å². The van der Waals surface area contributed by atoms with Crippen LogP contribution in [-0.4, -0.2) is 57.9 Å². The molecule has 0 aliphatic carbocycles. The van der Waals surface area contributed by atoms with Gasteiger partial charge in [-0.15, -0.1) is 0 Å². The van der Waals surface area contributed by atoms with Gasteiger partial charge in [-0.1, -0.05) is 30.7 Å². The molecule has 0 unspecified atom stereocenters. The predicted octanol–water partition coefficient (Wildman–Crippen LogP) is 3.02. The number of carbonyl (C=O) groups excluding carboxylic acids is 2. The van der Waals surface area contributed by atoms with Gasteiger partial charge in [-0.3, -0.25) is 9.59 Å². The topological polar surface area (TPSA) is 105 Å². The number of amides is 2. The largest absolute Gasteiger partial charge is 0.385 e. The highest BCUT2D eigenvalue weighted by Crippen LogP contribution is 2.19. The Labute approximate surface area is 195 Å². The van der Waals surface area contributed by atoms with Gasteiger partial charge in [0, 0.05) is 38.9 Å². The Hall–Kier alpha value is -2.75. The molecule has 178 valence electrons. The SMILES string of the molecule is COCCCNC(=O)c1ccccc1NC(=O)c1ccc(CS(=O)(=O)N2CCCCC2)cc1. The van der Waals surface area contributed by atoms with Crippen LogP contribution < -0.4 is 10.6 Å². The number of para-hydroxylation sites is 1. The third kappa shape index (κ3) is 7.12. The smallest absolute Gasteiger partial charge is 0.255 e. The van der Waals surface area contributed by atoms with E-state index in [-0.39, 0.29) is 17.6 Å². The molecular formula is C24H31N3O5S. The Morgan fingerprint density at radius 3 is 2.36 bits per heavy atom. The standard InChI is InChI=1S/C24H31N3O5S/c1-32-17-7-14-25-24(29)21-8-3-4-9-22(21)26-23(28)20-12-10-19(11-13-20)18-33(30,31)27-15-5-2-6-16-27/h3-4,8-13H,2,5-7,14-18H2,1H3,(H,25,29)(H,26,28). The Morgan fingerprint density at radius 2 is 1.67 bits per heavy atom. The molecule has 0 saturated carbocycles. The van der Waals surface area contributed by atoms with Crippen LogP contribution in [0.1, 0.15) is 52.0 Å². The van der Waals surface area contributed by atoms with Crippen molar-refractivity contribution in [1.29, 1.82) is 0 Å². The van der Waals surface area contributed by atoms with Crippen LogP contribution in [0.4, 0.5) is 5.69 Å². The fourth-order valence-corrected chi connectivity index (χ4v) is 5.31. The maximum Gasteiger partial charge on any atom is 0.255 e. The van der Waals surface area contributed by atoms with E-state index in [0.29, 0.717) is 55.0 Å². The van der Waals surface area contributed by atoms with Gasteiger partial charge in [-0.25, -0.2) is 12.7 Å². The maximum absolute atomic E-state index is 12.7. The van der Waals surface area contributed by atoms with Crippen molar-refractivity contribution in [3.63, 3.8) is 0 Å². The number of benzene rings is 2. The van der Waals surface area contributed by atoms with E-state index < -0.39 is 10.0 Å². The fraction of sp³-hybridized carbons (Fsp3) is 0.417. The number of nitrogens with zero attached hydrogens (tertiary/aromatic N) is 1.